The second-order valence-corrected chi connectivity index (χ2v) is 5.95. The molecular weight excluding hydrogens is 252 g/mol. The molecule has 0 aliphatic carbocycles. The topological polar surface area (TPSA) is 38.9 Å². The molecule has 2 N–H and O–H groups in total. The molecule has 0 spiro atoms. The van der Waals surface area contributed by atoms with Crippen LogP contribution in [0, 0.1) is 5.41 Å². The lowest BCUT2D eigenvalue weighted by Crippen LogP contribution is -2.26. The van der Waals surface area contributed by atoms with Crippen molar-refractivity contribution in [1.82, 2.24) is 4.98 Å². The average Bonchev–Trinajstić information content (AvgIpc) is 1.99. The van der Waals surface area contributed by atoms with E-state index in [4.69, 9.17) is 5.73 Å². The third-order valence-corrected chi connectivity index (χ3v) is 2.75. The summed E-state index contributed by atoms with van der Waals surface area (Å²) in [5, 5.41) is 0. The molecule has 0 bridgehead atoms. The number of hydrogen-bond acceptors (Lipinski definition) is 2. The summed E-state index contributed by atoms with van der Waals surface area (Å²) in [7, 11) is 0. The van der Waals surface area contributed by atoms with Gasteiger partial charge in [-0.05, 0) is 52.7 Å². The third kappa shape index (κ3) is 4.76. The molecule has 1 aromatic rings. The smallest absolute Gasteiger partial charge is 0.0410 e. The fourth-order valence-electron chi connectivity index (χ4n) is 2.05. The summed E-state index contributed by atoms with van der Waals surface area (Å²) < 4.78 is 1.04. The second kappa shape index (κ2) is 5.08. The van der Waals surface area contributed by atoms with Crippen LogP contribution in [0.25, 0.3) is 0 Å². The van der Waals surface area contributed by atoms with Crippen LogP contribution in [0.2, 0.25) is 0 Å². The minimum Gasteiger partial charge on any atom is -0.328 e. The van der Waals surface area contributed by atoms with Gasteiger partial charge >= 0.3 is 0 Å². The van der Waals surface area contributed by atoms with Gasteiger partial charge < -0.3 is 5.73 Å². The van der Waals surface area contributed by atoms with Crippen LogP contribution >= 0.6 is 15.9 Å². The summed E-state index contributed by atoms with van der Waals surface area (Å²) >= 11 is 3.43. The Labute approximate surface area is 100 Å². The zero-order chi connectivity index (χ0) is 11.5. The van der Waals surface area contributed by atoms with Crippen LogP contribution in [0.15, 0.2) is 22.9 Å². The first-order valence-electron chi connectivity index (χ1n) is 5.24. The second-order valence-electron chi connectivity index (χ2n) is 5.03. The van der Waals surface area contributed by atoms with Gasteiger partial charge in [0.15, 0.2) is 0 Å². The number of nitrogens with two attached hydrogens (primary N) is 1. The fourth-order valence-corrected chi connectivity index (χ4v) is 2.46. The van der Waals surface area contributed by atoms with Gasteiger partial charge in [0.05, 0.1) is 0 Å². The number of hydrogen-bond donors (Lipinski definition) is 1. The van der Waals surface area contributed by atoms with Gasteiger partial charge in [0.1, 0.15) is 0 Å². The summed E-state index contributed by atoms with van der Waals surface area (Å²) in [6.07, 6.45) is 5.77. The van der Waals surface area contributed by atoms with Gasteiger partial charge in [-0.15, -0.1) is 0 Å². The Kier molecular flexibility index (Phi) is 4.29. The van der Waals surface area contributed by atoms with Gasteiger partial charge in [-0.25, -0.2) is 0 Å². The molecule has 15 heavy (non-hydrogen) atoms. The number of halogens is 1. The number of pyridine rings is 1. The van der Waals surface area contributed by atoms with E-state index < -0.39 is 0 Å². The summed E-state index contributed by atoms with van der Waals surface area (Å²) in [5.41, 5.74) is 7.33. The fraction of sp³-hybridized carbons (Fsp3) is 0.583. The predicted octanol–water partition coefficient (Wildman–Crippen LogP) is 3.15. The third-order valence-electron chi connectivity index (χ3n) is 2.32. The zero-order valence-electron chi connectivity index (χ0n) is 9.63. The monoisotopic (exact) mass is 270 g/mol. The number of nitrogens with zero attached hydrogens (tertiary/aromatic N) is 1. The van der Waals surface area contributed by atoms with Crippen molar-refractivity contribution >= 4 is 15.9 Å². The Bertz CT molecular complexity index is 321. The standard InChI is InChI=1S/C12H19BrN2/c1-9(14)5-12(2,3)6-10-4-11(13)8-15-7-10/h4,7-9H,5-6,14H2,1-3H3. The maximum atomic E-state index is 5.84. The van der Waals surface area contributed by atoms with Gasteiger partial charge in [0.2, 0.25) is 0 Å². The summed E-state index contributed by atoms with van der Waals surface area (Å²) in [6, 6.07) is 2.37. The predicted molar refractivity (Wildman–Crippen MR) is 67.7 cm³/mol. The van der Waals surface area contributed by atoms with Crippen LogP contribution in [0.3, 0.4) is 0 Å². The highest BCUT2D eigenvalue weighted by atomic mass is 79.9. The summed E-state index contributed by atoms with van der Waals surface area (Å²) in [4.78, 5) is 4.17. The Balaban J connectivity index is 2.68. The number of rotatable bonds is 4. The van der Waals surface area contributed by atoms with Gasteiger partial charge in [-0.2, -0.15) is 0 Å². The largest absolute Gasteiger partial charge is 0.328 e. The molecule has 0 aliphatic heterocycles. The van der Waals surface area contributed by atoms with Crippen molar-refractivity contribution in [1.29, 1.82) is 0 Å². The van der Waals surface area contributed by atoms with Crippen molar-refractivity contribution in [3.05, 3.63) is 28.5 Å². The minimum atomic E-state index is 0.233. The molecule has 0 fully saturated rings. The zero-order valence-corrected chi connectivity index (χ0v) is 11.2. The molecule has 84 valence electrons. The molecule has 3 heteroatoms. The maximum absolute atomic E-state index is 5.84. The van der Waals surface area contributed by atoms with Crippen molar-refractivity contribution in [3.63, 3.8) is 0 Å². The molecule has 1 rings (SSSR count). The van der Waals surface area contributed by atoms with E-state index in [0.717, 1.165) is 17.3 Å². The first kappa shape index (κ1) is 12.7. The highest BCUT2D eigenvalue weighted by Gasteiger charge is 2.20. The highest BCUT2D eigenvalue weighted by molar-refractivity contribution is 9.10. The molecule has 0 aliphatic rings. The maximum Gasteiger partial charge on any atom is 0.0410 e. The van der Waals surface area contributed by atoms with E-state index in [1.165, 1.54) is 5.56 Å². The van der Waals surface area contributed by atoms with E-state index in [-0.39, 0.29) is 11.5 Å². The van der Waals surface area contributed by atoms with E-state index in [9.17, 15) is 0 Å². The van der Waals surface area contributed by atoms with Crippen molar-refractivity contribution in [3.8, 4) is 0 Å². The van der Waals surface area contributed by atoms with Crippen molar-refractivity contribution in [2.24, 2.45) is 11.1 Å². The van der Waals surface area contributed by atoms with E-state index in [1.54, 1.807) is 0 Å². The van der Waals surface area contributed by atoms with Crippen LogP contribution in [-0.2, 0) is 6.42 Å². The molecule has 1 unspecified atom stereocenters. The molecule has 2 nitrogen and oxygen atoms in total. The van der Waals surface area contributed by atoms with Gasteiger partial charge in [0.25, 0.3) is 0 Å². The van der Waals surface area contributed by atoms with E-state index in [0.29, 0.717) is 0 Å². The Morgan fingerprint density at radius 2 is 2.13 bits per heavy atom. The molecule has 0 saturated heterocycles. The molecule has 1 aromatic heterocycles. The SMILES string of the molecule is CC(N)CC(C)(C)Cc1cncc(Br)c1. The summed E-state index contributed by atoms with van der Waals surface area (Å²) in [5.74, 6) is 0. The number of aromatic nitrogens is 1. The lowest BCUT2D eigenvalue weighted by Gasteiger charge is -2.26. The van der Waals surface area contributed by atoms with Crippen molar-refractivity contribution in [2.75, 3.05) is 0 Å². The normalized spacial score (nSPS) is 13.9. The van der Waals surface area contributed by atoms with E-state index in [2.05, 4.69) is 47.8 Å². The van der Waals surface area contributed by atoms with Crippen LogP contribution in [0.5, 0.6) is 0 Å². The van der Waals surface area contributed by atoms with Crippen LogP contribution in [0.1, 0.15) is 32.8 Å². The first-order chi connectivity index (χ1) is 6.89. The average molecular weight is 271 g/mol. The van der Waals surface area contributed by atoms with Crippen LogP contribution in [0.4, 0.5) is 0 Å². The Hall–Kier alpha value is -0.410. The Morgan fingerprint density at radius 3 is 2.67 bits per heavy atom. The molecule has 0 radical (unpaired) electrons. The summed E-state index contributed by atoms with van der Waals surface area (Å²) in [6.45, 7) is 6.55. The molecule has 0 amide bonds. The minimum absolute atomic E-state index is 0.233. The van der Waals surface area contributed by atoms with Crippen LogP contribution in [-0.4, -0.2) is 11.0 Å². The highest BCUT2D eigenvalue weighted by Crippen LogP contribution is 2.27. The van der Waals surface area contributed by atoms with Gasteiger partial charge in [-0.3, -0.25) is 4.98 Å². The quantitative estimate of drug-likeness (QED) is 0.913. The van der Waals surface area contributed by atoms with Crippen LogP contribution < -0.4 is 5.73 Å². The molecular formula is C12H19BrN2. The van der Waals surface area contributed by atoms with E-state index in [1.807, 2.05) is 12.4 Å². The van der Waals surface area contributed by atoms with Gasteiger partial charge in [-0.1, -0.05) is 13.8 Å². The van der Waals surface area contributed by atoms with Crippen molar-refractivity contribution < 1.29 is 0 Å². The lowest BCUT2D eigenvalue weighted by molar-refractivity contribution is 0.309. The van der Waals surface area contributed by atoms with Gasteiger partial charge in [0, 0.05) is 22.9 Å². The molecule has 0 saturated carbocycles. The Morgan fingerprint density at radius 1 is 1.47 bits per heavy atom. The van der Waals surface area contributed by atoms with E-state index >= 15 is 0 Å². The molecule has 1 atom stereocenters. The first-order valence-corrected chi connectivity index (χ1v) is 6.03. The molecule has 0 aromatic carbocycles. The molecule has 1 heterocycles. The van der Waals surface area contributed by atoms with Crippen molar-refractivity contribution in [2.45, 2.75) is 39.7 Å². The lowest BCUT2D eigenvalue weighted by atomic mass is 9.81.